The Labute approximate surface area is 254 Å². The van der Waals surface area contributed by atoms with Crippen molar-refractivity contribution in [2.45, 2.75) is 19.5 Å². The molecule has 1 N–H and O–H groups in total. The monoisotopic (exact) mass is 604 g/mol. The molecule has 0 saturated carbocycles. The SMILES string of the molecule is CC1=C(C(=O)Nc2ccccc2)[C@@H](c2cccs2)n2c(s/c(=C\c3cn(Cc4ccccc4F)c4ccccc34)c2=O)=N1. The Kier molecular flexibility index (Phi) is 6.96. The van der Waals surface area contributed by atoms with E-state index in [1.807, 2.05) is 102 Å². The number of rotatable bonds is 6. The molecule has 7 rings (SSSR count). The third-order valence-corrected chi connectivity index (χ3v) is 9.42. The van der Waals surface area contributed by atoms with E-state index < -0.39 is 6.04 Å². The van der Waals surface area contributed by atoms with E-state index in [0.717, 1.165) is 21.3 Å². The molecular formula is C34H25FN4O2S2. The van der Waals surface area contributed by atoms with Gasteiger partial charge in [0.15, 0.2) is 4.80 Å². The van der Waals surface area contributed by atoms with E-state index in [2.05, 4.69) is 5.32 Å². The first-order valence-corrected chi connectivity index (χ1v) is 15.4. The van der Waals surface area contributed by atoms with Crippen molar-refractivity contribution in [2.24, 2.45) is 4.99 Å². The van der Waals surface area contributed by atoms with Crippen LogP contribution in [0.25, 0.3) is 17.0 Å². The number of aromatic nitrogens is 2. The van der Waals surface area contributed by atoms with Gasteiger partial charge in [-0.1, -0.05) is 72.0 Å². The van der Waals surface area contributed by atoms with E-state index in [-0.39, 0.29) is 17.3 Å². The molecule has 6 nitrogen and oxygen atoms in total. The first kappa shape index (κ1) is 27.0. The van der Waals surface area contributed by atoms with Crippen LogP contribution >= 0.6 is 22.7 Å². The highest BCUT2D eigenvalue weighted by Gasteiger charge is 2.33. The molecule has 6 aromatic rings. The molecule has 3 aromatic carbocycles. The van der Waals surface area contributed by atoms with Gasteiger partial charge < -0.3 is 9.88 Å². The molecule has 3 aromatic heterocycles. The van der Waals surface area contributed by atoms with Crippen molar-refractivity contribution in [3.63, 3.8) is 0 Å². The van der Waals surface area contributed by atoms with E-state index in [1.165, 1.54) is 28.7 Å². The molecule has 0 spiro atoms. The molecule has 212 valence electrons. The third-order valence-electron chi connectivity index (χ3n) is 7.52. The van der Waals surface area contributed by atoms with Gasteiger partial charge >= 0.3 is 0 Å². The number of thiazole rings is 1. The molecule has 0 unspecified atom stereocenters. The van der Waals surface area contributed by atoms with Crippen molar-refractivity contribution in [1.82, 2.24) is 9.13 Å². The van der Waals surface area contributed by atoms with Crippen LogP contribution in [0.5, 0.6) is 0 Å². The number of nitrogens with one attached hydrogen (secondary N) is 1. The van der Waals surface area contributed by atoms with Crippen LogP contribution in [0.4, 0.5) is 10.1 Å². The predicted molar refractivity (Wildman–Crippen MR) is 171 cm³/mol. The molecule has 1 aliphatic rings. The molecule has 1 amide bonds. The van der Waals surface area contributed by atoms with Crippen LogP contribution in [0.1, 0.15) is 29.0 Å². The maximum Gasteiger partial charge on any atom is 0.271 e. The molecule has 1 atom stereocenters. The molecule has 0 fully saturated rings. The number of carbonyl (C=O) groups is 1. The minimum absolute atomic E-state index is 0.217. The number of carbonyl (C=O) groups excluding carboxylic acids is 1. The Bertz CT molecular complexity index is 2210. The van der Waals surface area contributed by atoms with Crippen molar-refractivity contribution in [3.05, 3.63) is 155 Å². The highest BCUT2D eigenvalue weighted by Crippen LogP contribution is 2.33. The number of para-hydroxylation sites is 2. The largest absolute Gasteiger partial charge is 0.342 e. The number of hydrogen-bond acceptors (Lipinski definition) is 5. The van der Waals surface area contributed by atoms with Crippen LogP contribution in [0.2, 0.25) is 0 Å². The number of anilines is 1. The van der Waals surface area contributed by atoms with Gasteiger partial charge in [-0.2, -0.15) is 0 Å². The second kappa shape index (κ2) is 11.1. The first-order chi connectivity index (χ1) is 21.0. The minimum Gasteiger partial charge on any atom is -0.342 e. The molecule has 0 bridgehead atoms. The summed E-state index contributed by atoms with van der Waals surface area (Å²) >= 11 is 2.80. The molecular weight excluding hydrogens is 580 g/mol. The number of fused-ring (bicyclic) bond motifs is 2. The van der Waals surface area contributed by atoms with Crippen molar-refractivity contribution >= 4 is 51.2 Å². The summed E-state index contributed by atoms with van der Waals surface area (Å²) in [5.41, 5.74) is 3.84. The van der Waals surface area contributed by atoms with Crippen LogP contribution in [0.3, 0.4) is 0 Å². The molecule has 0 radical (unpaired) electrons. The van der Waals surface area contributed by atoms with Crippen LogP contribution in [-0.2, 0) is 11.3 Å². The summed E-state index contributed by atoms with van der Waals surface area (Å²) in [6.07, 6.45) is 3.83. The highest BCUT2D eigenvalue weighted by molar-refractivity contribution is 7.10. The van der Waals surface area contributed by atoms with Gasteiger partial charge in [-0.15, -0.1) is 11.3 Å². The third kappa shape index (κ3) is 4.96. The fourth-order valence-electron chi connectivity index (χ4n) is 5.52. The maximum atomic E-state index is 14.5. The second-order valence-corrected chi connectivity index (χ2v) is 12.2. The van der Waals surface area contributed by atoms with Crippen LogP contribution in [0, 0.1) is 5.82 Å². The number of allylic oxidation sites excluding steroid dienone is 1. The average molecular weight is 605 g/mol. The first-order valence-electron chi connectivity index (χ1n) is 13.7. The summed E-state index contributed by atoms with van der Waals surface area (Å²) in [4.78, 5) is 33.9. The van der Waals surface area contributed by atoms with Gasteiger partial charge in [-0.25, -0.2) is 9.38 Å². The summed E-state index contributed by atoms with van der Waals surface area (Å²) in [5, 5.41) is 5.88. The zero-order valence-corrected chi connectivity index (χ0v) is 24.7. The van der Waals surface area contributed by atoms with Crippen LogP contribution in [0.15, 0.2) is 124 Å². The van der Waals surface area contributed by atoms with Crippen molar-refractivity contribution < 1.29 is 9.18 Å². The highest BCUT2D eigenvalue weighted by atomic mass is 32.1. The van der Waals surface area contributed by atoms with E-state index >= 15 is 0 Å². The van der Waals surface area contributed by atoms with Gasteiger partial charge in [0.05, 0.1) is 22.3 Å². The predicted octanol–water partition coefficient (Wildman–Crippen LogP) is 6.08. The normalized spacial score (nSPS) is 15.0. The summed E-state index contributed by atoms with van der Waals surface area (Å²) in [5.74, 6) is -0.553. The van der Waals surface area contributed by atoms with Crippen molar-refractivity contribution in [2.75, 3.05) is 5.32 Å². The fraction of sp³-hybridized carbons (Fsp3) is 0.0882. The number of thiophene rings is 1. The van der Waals surface area contributed by atoms with E-state index in [9.17, 15) is 14.0 Å². The van der Waals surface area contributed by atoms with Crippen LogP contribution < -0.4 is 20.2 Å². The van der Waals surface area contributed by atoms with Gasteiger partial charge in [0.2, 0.25) is 0 Å². The topological polar surface area (TPSA) is 68.4 Å². The zero-order chi connectivity index (χ0) is 29.5. The van der Waals surface area contributed by atoms with Gasteiger partial charge in [-0.3, -0.25) is 14.2 Å². The molecule has 1 aliphatic heterocycles. The van der Waals surface area contributed by atoms with E-state index in [0.29, 0.717) is 38.4 Å². The lowest BCUT2D eigenvalue weighted by atomic mass is 10.0. The molecule has 9 heteroatoms. The molecule has 4 heterocycles. The Morgan fingerprint density at radius 2 is 1.77 bits per heavy atom. The number of hydrogen-bond donors (Lipinski definition) is 1. The van der Waals surface area contributed by atoms with Gasteiger partial charge in [0.25, 0.3) is 11.5 Å². The number of halogens is 1. The molecule has 0 saturated heterocycles. The van der Waals surface area contributed by atoms with Crippen molar-refractivity contribution in [1.29, 1.82) is 0 Å². The molecule has 43 heavy (non-hydrogen) atoms. The quantitative estimate of drug-likeness (QED) is 0.251. The number of benzene rings is 3. The zero-order valence-electron chi connectivity index (χ0n) is 23.0. The summed E-state index contributed by atoms with van der Waals surface area (Å²) in [7, 11) is 0. The second-order valence-electron chi connectivity index (χ2n) is 10.2. The lowest BCUT2D eigenvalue weighted by molar-refractivity contribution is -0.113. The number of amides is 1. The van der Waals surface area contributed by atoms with E-state index in [1.54, 1.807) is 16.7 Å². The van der Waals surface area contributed by atoms with Gasteiger partial charge in [0.1, 0.15) is 11.9 Å². The fourth-order valence-corrected chi connectivity index (χ4v) is 7.38. The number of nitrogens with zero attached hydrogens (tertiary/aromatic N) is 3. The van der Waals surface area contributed by atoms with E-state index in [4.69, 9.17) is 4.99 Å². The van der Waals surface area contributed by atoms with Crippen molar-refractivity contribution in [3.8, 4) is 0 Å². The smallest absolute Gasteiger partial charge is 0.271 e. The lowest BCUT2D eigenvalue weighted by Gasteiger charge is -2.24. The summed E-state index contributed by atoms with van der Waals surface area (Å²) in [6.45, 7) is 2.17. The Balaban J connectivity index is 1.34. The van der Waals surface area contributed by atoms with Crippen LogP contribution in [-0.4, -0.2) is 15.0 Å². The minimum atomic E-state index is -0.607. The Hall–Kier alpha value is -4.86. The maximum absolute atomic E-state index is 14.5. The average Bonchev–Trinajstić information content (AvgIpc) is 3.74. The van der Waals surface area contributed by atoms with Gasteiger partial charge in [0, 0.05) is 38.8 Å². The summed E-state index contributed by atoms with van der Waals surface area (Å²) in [6, 6.07) is 27.1. The standard InChI is InChI=1S/C34H25FN4O2S2/c1-21-30(32(40)37-24-11-3-2-4-12-24)31(28-16-9-17-42-28)39-33(41)29(43-34(39)36-21)18-23-20-38(27-15-8-6-13-25(23)27)19-22-10-5-7-14-26(22)35/h2-18,20,31H,19H2,1H3,(H,37,40)/b29-18-/t31-/m1/s1. The lowest BCUT2D eigenvalue weighted by Crippen LogP contribution is -2.40. The Morgan fingerprint density at radius 1 is 1.00 bits per heavy atom. The summed E-state index contributed by atoms with van der Waals surface area (Å²) < 4.78 is 18.6. The Morgan fingerprint density at radius 3 is 2.56 bits per heavy atom. The van der Waals surface area contributed by atoms with Gasteiger partial charge in [-0.05, 0) is 48.7 Å². The molecule has 0 aliphatic carbocycles.